The van der Waals surface area contributed by atoms with Gasteiger partial charge in [0.1, 0.15) is 0 Å². The van der Waals surface area contributed by atoms with Crippen molar-refractivity contribution in [3.05, 3.63) is 153 Å². The lowest BCUT2D eigenvalue weighted by molar-refractivity contribution is 0.619. The Morgan fingerprint density at radius 3 is 2.36 bits per heavy atom. The number of allylic oxidation sites excluding steroid dienone is 13. The summed E-state index contributed by atoms with van der Waals surface area (Å²) >= 11 is 0. The summed E-state index contributed by atoms with van der Waals surface area (Å²) in [5, 5.41) is 0. The van der Waals surface area contributed by atoms with Gasteiger partial charge in [-0.25, -0.2) is 0 Å². The summed E-state index contributed by atoms with van der Waals surface area (Å²) in [7, 11) is 0. The number of hydrogen-bond acceptors (Lipinski definition) is 0. The summed E-state index contributed by atoms with van der Waals surface area (Å²) in [6, 6.07) is 16.3. The molecule has 0 N–H and O–H groups in total. The van der Waals surface area contributed by atoms with Gasteiger partial charge >= 0.3 is 0 Å². The Labute approximate surface area is 255 Å². The van der Waals surface area contributed by atoms with Gasteiger partial charge < -0.3 is 0 Å². The Morgan fingerprint density at radius 1 is 0.976 bits per heavy atom. The molecule has 0 spiro atoms. The van der Waals surface area contributed by atoms with Crippen molar-refractivity contribution < 1.29 is 0 Å². The first-order valence-electron chi connectivity index (χ1n) is 15.9. The molecule has 3 aliphatic carbocycles. The molecule has 0 saturated heterocycles. The lowest BCUT2D eigenvalue weighted by Crippen LogP contribution is -2.21. The van der Waals surface area contributed by atoms with E-state index in [1.54, 1.807) is 0 Å². The molecule has 1 fully saturated rings. The zero-order chi connectivity index (χ0) is 30.1. The highest BCUT2D eigenvalue weighted by molar-refractivity contribution is 5.82. The van der Waals surface area contributed by atoms with Gasteiger partial charge in [0.15, 0.2) is 0 Å². The van der Waals surface area contributed by atoms with Crippen molar-refractivity contribution in [3.8, 4) is 0 Å². The van der Waals surface area contributed by atoms with E-state index in [1.807, 2.05) is 0 Å². The lowest BCUT2D eigenvalue weighted by Gasteiger charge is -2.34. The average Bonchev–Trinajstić information content (AvgIpc) is 3.56. The van der Waals surface area contributed by atoms with Crippen LogP contribution in [0.3, 0.4) is 0 Å². The van der Waals surface area contributed by atoms with E-state index in [0.717, 1.165) is 37.7 Å². The summed E-state index contributed by atoms with van der Waals surface area (Å²) in [5.74, 6) is 1.09. The molecule has 2 unspecified atom stereocenters. The van der Waals surface area contributed by atoms with Crippen molar-refractivity contribution in [2.75, 3.05) is 0 Å². The summed E-state index contributed by atoms with van der Waals surface area (Å²) in [6.07, 6.45) is 14.6. The number of rotatable bonds is 9. The maximum Gasteiger partial charge on any atom is 0.0201 e. The second-order valence-electron chi connectivity index (χ2n) is 12.9. The summed E-state index contributed by atoms with van der Waals surface area (Å²) in [4.78, 5) is 0. The summed E-state index contributed by atoms with van der Waals surface area (Å²) in [5.41, 5.74) is 18.8. The molecule has 0 bridgehead atoms. The fraction of sp³-hybridized carbons (Fsp3) is 0.333. The fourth-order valence-electron chi connectivity index (χ4n) is 7.21. The molecular weight excluding hydrogens is 504 g/mol. The van der Waals surface area contributed by atoms with Crippen molar-refractivity contribution in [1.82, 2.24) is 0 Å². The normalized spacial score (nSPS) is 21.1. The van der Waals surface area contributed by atoms with Crippen LogP contribution < -0.4 is 0 Å². The first kappa shape index (κ1) is 29.8. The maximum atomic E-state index is 4.76. The minimum Gasteiger partial charge on any atom is -0.0955 e. The first-order chi connectivity index (χ1) is 20.1. The molecule has 2 aromatic rings. The van der Waals surface area contributed by atoms with Crippen molar-refractivity contribution in [1.29, 1.82) is 0 Å². The molecule has 0 heteroatoms. The third-order valence-electron chi connectivity index (χ3n) is 9.50. The molecule has 0 radical (unpaired) electrons. The predicted molar refractivity (Wildman–Crippen MR) is 185 cm³/mol. The molecule has 0 nitrogen and oxygen atoms in total. The van der Waals surface area contributed by atoms with Crippen LogP contribution in [0.25, 0.3) is 11.1 Å². The van der Waals surface area contributed by atoms with Crippen LogP contribution in [0.2, 0.25) is 0 Å². The first-order valence-corrected chi connectivity index (χ1v) is 15.9. The molecular formula is C42H48. The van der Waals surface area contributed by atoms with E-state index in [0.29, 0.717) is 11.8 Å². The van der Waals surface area contributed by atoms with Gasteiger partial charge in [0, 0.05) is 11.8 Å². The van der Waals surface area contributed by atoms with E-state index in [9.17, 15) is 0 Å². The van der Waals surface area contributed by atoms with Crippen LogP contribution >= 0.6 is 0 Å². The third-order valence-corrected chi connectivity index (χ3v) is 9.50. The lowest BCUT2D eigenvalue weighted by atomic mass is 9.69. The van der Waals surface area contributed by atoms with Gasteiger partial charge in [-0.15, -0.1) is 0 Å². The van der Waals surface area contributed by atoms with Crippen molar-refractivity contribution in [2.45, 2.75) is 85.5 Å². The Bertz CT molecular complexity index is 1590. The molecule has 3 aliphatic rings. The van der Waals surface area contributed by atoms with E-state index < -0.39 is 0 Å². The van der Waals surface area contributed by atoms with E-state index >= 15 is 0 Å². The highest BCUT2D eigenvalue weighted by Gasteiger charge is 2.41. The largest absolute Gasteiger partial charge is 0.0955 e. The maximum absolute atomic E-state index is 4.76. The highest BCUT2D eigenvalue weighted by Crippen LogP contribution is 2.55. The minimum atomic E-state index is 0.269. The van der Waals surface area contributed by atoms with Crippen molar-refractivity contribution in [2.24, 2.45) is 5.92 Å². The monoisotopic (exact) mass is 552 g/mol. The van der Waals surface area contributed by atoms with Crippen LogP contribution in [0.1, 0.15) is 107 Å². The molecule has 5 rings (SSSR count). The van der Waals surface area contributed by atoms with Gasteiger partial charge in [0.25, 0.3) is 0 Å². The van der Waals surface area contributed by atoms with Crippen LogP contribution in [0.4, 0.5) is 0 Å². The van der Waals surface area contributed by atoms with Gasteiger partial charge in [-0.2, -0.15) is 0 Å². The number of aryl methyl sites for hydroxylation is 1. The topological polar surface area (TPSA) is 0 Å². The van der Waals surface area contributed by atoms with E-state index in [-0.39, 0.29) is 5.92 Å². The third kappa shape index (κ3) is 5.69. The standard InChI is InChI=1S/C42H48/c1-10-12-28(7)40-29(8)21-37-25-36(30(9)41(37)42(40)34-18-16-33(17-19-34)26(3)4)23-32-13-15-35(22-32)38-20-14-31(11-2)24-39(38)27(5)6/h13-21,23-24,26,41-42H,5,7,9-12,22,25H2,1-4,6,8H3/b36-23+. The van der Waals surface area contributed by atoms with Gasteiger partial charge in [0.2, 0.25) is 0 Å². The summed E-state index contributed by atoms with van der Waals surface area (Å²) in [6.45, 7) is 27.0. The smallest absolute Gasteiger partial charge is 0.0201 e. The molecule has 2 aromatic carbocycles. The predicted octanol–water partition coefficient (Wildman–Crippen LogP) is 12.0. The quantitative estimate of drug-likeness (QED) is 0.290. The minimum absolute atomic E-state index is 0.269. The number of fused-ring (bicyclic) bond motifs is 1. The Morgan fingerprint density at radius 2 is 1.71 bits per heavy atom. The number of benzene rings is 2. The second-order valence-corrected chi connectivity index (χ2v) is 12.9. The Hall–Kier alpha value is -3.64. The van der Waals surface area contributed by atoms with Crippen molar-refractivity contribution in [3.63, 3.8) is 0 Å². The Kier molecular flexibility index (Phi) is 8.74. The van der Waals surface area contributed by atoms with Crippen molar-refractivity contribution >= 4 is 11.1 Å². The molecule has 0 amide bonds. The zero-order valence-corrected chi connectivity index (χ0v) is 26.7. The fourth-order valence-corrected chi connectivity index (χ4v) is 7.21. The SMILES string of the molecule is C=C(CCC)C1=C(C)C=C2C/C(=C\C3=CC=C(c4ccc(CC)cc4C(=C)C)C3)C(=C)C2C1c1ccc(C(C)C)cc1. The number of hydrogen-bond donors (Lipinski definition) is 0. The highest BCUT2D eigenvalue weighted by atomic mass is 14.4. The molecule has 0 heterocycles. The molecule has 42 heavy (non-hydrogen) atoms. The van der Waals surface area contributed by atoms with E-state index in [4.69, 9.17) is 6.58 Å². The zero-order valence-electron chi connectivity index (χ0n) is 26.7. The molecule has 0 aromatic heterocycles. The molecule has 1 saturated carbocycles. The Balaban J connectivity index is 1.45. The molecule has 2 atom stereocenters. The molecule has 216 valence electrons. The van der Waals surface area contributed by atoms with E-state index in [1.165, 1.54) is 72.4 Å². The van der Waals surface area contributed by atoms with Crippen LogP contribution in [-0.2, 0) is 6.42 Å². The van der Waals surface area contributed by atoms with Gasteiger partial charge in [-0.1, -0.05) is 137 Å². The van der Waals surface area contributed by atoms with Crippen LogP contribution in [-0.4, -0.2) is 0 Å². The van der Waals surface area contributed by atoms with Gasteiger partial charge in [0.05, 0.1) is 0 Å². The average molecular weight is 553 g/mol. The van der Waals surface area contributed by atoms with Gasteiger partial charge in [-0.05, 0) is 107 Å². The molecule has 0 aliphatic heterocycles. The van der Waals surface area contributed by atoms with Crippen LogP contribution in [0, 0.1) is 5.92 Å². The van der Waals surface area contributed by atoms with Crippen LogP contribution in [0.5, 0.6) is 0 Å². The second kappa shape index (κ2) is 12.3. The summed E-state index contributed by atoms with van der Waals surface area (Å²) < 4.78 is 0. The van der Waals surface area contributed by atoms with E-state index in [2.05, 4.69) is 121 Å². The van der Waals surface area contributed by atoms with Crippen LogP contribution in [0.15, 0.2) is 126 Å². The van der Waals surface area contributed by atoms with Gasteiger partial charge in [-0.3, -0.25) is 0 Å².